The van der Waals surface area contributed by atoms with E-state index in [-0.39, 0.29) is 11.7 Å². The fraction of sp³-hybridized carbons (Fsp3) is 0.353. The summed E-state index contributed by atoms with van der Waals surface area (Å²) in [6.07, 6.45) is 6.43. The van der Waals surface area contributed by atoms with Gasteiger partial charge in [-0.3, -0.25) is 4.79 Å². The summed E-state index contributed by atoms with van der Waals surface area (Å²) in [5.41, 5.74) is 1.81. The van der Waals surface area contributed by atoms with Gasteiger partial charge >= 0.3 is 0 Å². The Balaban J connectivity index is 1.32. The van der Waals surface area contributed by atoms with E-state index in [1.807, 2.05) is 34.3 Å². The first kappa shape index (κ1) is 17.2. The molecule has 1 aromatic carbocycles. The van der Waals surface area contributed by atoms with Crippen LogP contribution in [0.5, 0.6) is 0 Å². The minimum Gasteiger partial charge on any atom is -0.325 e. The van der Waals surface area contributed by atoms with Crippen molar-refractivity contribution in [2.24, 2.45) is 0 Å². The Morgan fingerprint density at radius 1 is 1.27 bits per heavy atom. The maximum absolute atomic E-state index is 12.2. The van der Waals surface area contributed by atoms with Crippen LogP contribution in [0.25, 0.3) is 10.6 Å². The maximum Gasteiger partial charge on any atom is 0.234 e. The molecule has 2 aromatic heterocycles. The Kier molecular flexibility index (Phi) is 5.26. The number of nitrogens with zero attached hydrogens (tertiary/aromatic N) is 5. The normalized spacial score (nSPS) is 14.6. The zero-order chi connectivity index (χ0) is 17.8. The van der Waals surface area contributed by atoms with Crippen LogP contribution in [0.15, 0.2) is 41.0 Å². The van der Waals surface area contributed by atoms with Crippen molar-refractivity contribution in [2.45, 2.75) is 36.9 Å². The molecule has 1 saturated carbocycles. The monoisotopic (exact) mass is 386 g/mol. The van der Waals surface area contributed by atoms with E-state index in [0.29, 0.717) is 11.2 Å². The van der Waals surface area contributed by atoms with Gasteiger partial charge < -0.3 is 5.32 Å². The second-order valence-electron chi connectivity index (χ2n) is 6.10. The Bertz CT molecular complexity index is 856. The van der Waals surface area contributed by atoms with Crippen LogP contribution in [-0.2, 0) is 4.79 Å². The lowest BCUT2D eigenvalue weighted by atomic mass is 10.2. The third kappa shape index (κ3) is 3.94. The minimum absolute atomic E-state index is 0.0713. The number of benzene rings is 1. The SMILES string of the molecule is O=C(CSc1nnnn1C1CCCC1)Nc1ccc(-c2nccs2)cc1. The molecule has 2 heterocycles. The first-order chi connectivity index (χ1) is 12.8. The van der Waals surface area contributed by atoms with Gasteiger partial charge in [-0.15, -0.1) is 16.4 Å². The molecule has 4 rings (SSSR count). The largest absolute Gasteiger partial charge is 0.325 e. The molecule has 1 N–H and O–H groups in total. The molecule has 26 heavy (non-hydrogen) atoms. The minimum atomic E-state index is -0.0713. The molecule has 1 aliphatic rings. The molecule has 134 valence electrons. The first-order valence-corrected chi connectivity index (χ1v) is 10.4. The quantitative estimate of drug-likeness (QED) is 0.651. The summed E-state index contributed by atoms with van der Waals surface area (Å²) in [4.78, 5) is 16.5. The molecule has 0 radical (unpaired) electrons. The second kappa shape index (κ2) is 7.96. The number of hydrogen-bond acceptors (Lipinski definition) is 7. The van der Waals surface area contributed by atoms with E-state index in [1.165, 1.54) is 24.6 Å². The van der Waals surface area contributed by atoms with Crippen LogP contribution in [0.4, 0.5) is 5.69 Å². The number of tetrazole rings is 1. The highest BCUT2D eigenvalue weighted by molar-refractivity contribution is 7.99. The molecule has 3 aromatic rings. The lowest BCUT2D eigenvalue weighted by molar-refractivity contribution is -0.113. The van der Waals surface area contributed by atoms with Crippen molar-refractivity contribution in [1.29, 1.82) is 0 Å². The standard InChI is InChI=1S/C17H18N6OS2/c24-15(11-26-17-20-21-22-23(17)14-3-1-2-4-14)19-13-7-5-12(6-8-13)16-18-9-10-25-16/h5-10,14H,1-4,11H2,(H,19,24). The van der Waals surface area contributed by atoms with Gasteiger partial charge in [0.05, 0.1) is 11.8 Å². The topological polar surface area (TPSA) is 85.6 Å². The number of thioether (sulfide) groups is 1. The Labute approximate surface area is 159 Å². The van der Waals surface area contributed by atoms with Crippen LogP contribution in [0.2, 0.25) is 0 Å². The van der Waals surface area contributed by atoms with E-state index < -0.39 is 0 Å². The van der Waals surface area contributed by atoms with Gasteiger partial charge in [0.25, 0.3) is 0 Å². The van der Waals surface area contributed by atoms with Gasteiger partial charge in [-0.2, -0.15) is 0 Å². The van der Waals surface area contributed by atoms with E-state index in [0.717, 1.165) is 29.1 Å². The summed E-state index contributed by atoms with van der Waals surface area (Å²) in [5, 5.41) is 18.5. The lowest BCUT2D eigenvalue weighted by Gasteiger charge is -2.10. The van der Waals surface area contributed by atoms with Crippen molar-refractivity contribution >= 4 is 34.7 Å². The van der Waals surface area contributed by atoms with E-state index in [1.54, 1.807) is 17.5 Å². The third-order valence-electron chi connectivity index (χ3n) is 4.31. The molecule has 0 spiro atoms. The number of carbonyl (C=O) groups is 1. The number of hydrogen-bond donors (Lipinski definition) is 1. The number of thiazole rings is 1. The summed E-state index contributed by atoms with van der Waals surface area (Å²) in [5.74, 6) is 0.208. The van der Waals surface area contributed by atoms with E-state index in [2.05, 4.69) is 25.8 Å². The molecule has 7 nitrogen and oxygen atoms in total. The number of nitrogens with one attached hydrogen (secondary N) is 1. The van der Waals surface area contributed by atoms with Crippen molar-refractivity contribution in [3.63, 3.8) is 0 Å². The van der Waals surface area contributed by atoms with E-state index >= 15 is 0 Å². The molecule has 0 saturated heterocycles. The number of rotatable bonds is 6. The Morgan fingerprint density at radius 2 is 2.08 bits per heavy atom. The van der Waals surface area contributed by atoms with Crippen LogP contribution >= 0.6 is 23.1 Å². The number of anilines is 1. The highest BCUT2D eigenvalue weighted by atomic mass is 32.2. The molecule has 1 fully saturated rings. The van der Waals surface area contributed by atoms with Crippen LogP contribution in [-0.4, -0.2) is 36.9 Å². The fourth-order valence-electron chi connectivity index (χ4n) is 3.05. The molecule has 0 bridgehead atoms. The van der Waals surface area contributed by atoms with Gasteiger partial charge in [0.2, 0.25) is 11.1 Å². The van der Waals surface area contributed by atoms with Crippen molar-refractivity contribution in [3.05, 3.63) is 35.8 Å². The van der Waals surface area contributed by atoms with Gasteiger partial charge in [-0.05, 0) is 47.5 Å². The van der Waals surface area contributed by atoms with Crippen LogP contribution in [0.3, 0.4) is 0 Å². The molecule has 0 atom stereocenters. The van der Waals surface area contributed by atoms with Gasteiger partial charge in [-0.25, -0.2) is 9.67 Å². The Hall–Kier alpha value is -2.26. The highest BCUT2D eigenvalue weighted by Gasteiger charge is 2.22. The third-order valence-corrected chi connectivity index (χ3v) is 6.07. The average Bonchev–Trinajstić information content (AvgIpc) is 3.42. The smallest absolute Gasteiger partial charge is 0.234 e. The number of aromatic nitrogens is 5. The maximum atomic E-state index is 12.2. The molecule has 9 heteroatoms. The summed E-state index contributed by atoms with van der Waals surface area (Å²) in [6, 6.07) is 8.07. The lowest BCUT2D eigenvalue weighted by Crippen LogP contribution is -2.15. The summed E-state index contributed by atoms with van der Waals surface area (Å²) < 4.78 is 1.87. The van der Waals surface area contributed by atoms with Gasteiger partial charge in [0.15, 0.2) is 0 Å². The predicted octanol–water partition coefficient (Wildman–Crippen LogP) is 3.64. The fourth-order valence-corrected chi connectivity index (χ4v) is 4.44. The zero-order valence-corrected chi connectivity index (χ0v) is 15.7. The highest BCUT2D eigenvalue weighted by Crippen LogP contribution is 2.31. The van der Waals surface area contributed by atoms with Crippen molar-refractivity contribution in [3.8, 4) is 10.6 Å². The van der Waals surface area contributed by atoms with Crippen LogP contribution in [0.1, 0.15) is 31.7 Å². The van der Waals surface area contributed by atoms with Gasteiger partial charge in [0.1, 0.15) is 5.01 Å². The van der Waals surface area contributed by atoms with Crippen LogP contribution < -0.4 is 5.32 Å². The van der Waals surface area contributed by atoms with Crippen LogP contribution in [0, 0.1) is 0 Å². The van der Waals surface area contributed by atoms with Crippen molar-refractivity contribution in [1.82, 2.24) is 25.2 Å². The Morgan fingerprint density at radius 3 is 2.81 bits per heavy atom. The second-order valence-corrected chi connectivity index (χ2v) is 7.93. The van der Waals surface area contributed by atoms with Crippen molar-refractivity contribution < 1.29 is 4.79 Å². The molecular formula is C17H18N6OS2. The molecule has 0 aliphatic heterocycles. The average molecular weight is 387 g/mol. The predicted molar refractivity (Wildman–Crippen MR) is 102 cm³/mol. The number of amides is 1. The van der Waals surface area contributed by atoms with E-state index in [4.69, 9.17) is 0 Å². The number of carbonyl (C=O) groups excluding carboxylic acids is 1. The molecule has 0 unspecified atom stereocenters. The first-order valence-electron chi connectivity index (χ1n) is 8.50. The van der Waals surface area contributed by atoms with Crippen molar-refractivity contribution in [2.75, 3.05) is 11.1 Å². The van der Waals surface area contributed by atoms with Gasteiger partial charge in [0, 0.05) is 22.8 Å². The molecular weight excluding hydrogens is 368 g/mol. The zero-order valence-electron chi connectivity index (χ0n) is 14.0. The van der Waals surface area contributed by atoms with E-state index in [9.17, 15) is 4.79 Å². The molecule has 1 aliphatic carbocycles. The summed E-state index contributed by atoms with van der Waals surface area (Å²) >= 11 is 2.97. The summed E-state index contributed by atoms with van der Waals surface area (Å²) in [6.45, 7) is 0. The molecule has 1 amide bonds. The van der Waals surface area contributed by atoms with Gasteiger partial charge in [-0.1, -0.05) is 24.6 Å². The summed E-state index contributed by atoms with van der Waals surface area (Å²) in [7, 11) is 0.